The summed E-state index contributed by atoms with van der Waals surface area (Å²) in [5.41, 5.74) is -0.272. The molecule has 0 heterocycles. The lowest BCUT2D eigenvalue weighted by Crippen LogP contribution is -2.44. The summed E-state index contributed by atoms with van der Waals surface area (Å²) in [5, 5.41) is 2.83. The number of benzene rings is 1. The molecule has 1 rings (SSSR count). The third kappa shape index (κ3) is 4.77. The molecular formula is C14H20FNO3. The molecule has 1 amide bonds. The molecule has 106 valence electrons. The van der Waals surface area contributed by atoms with Crippen LogP contribution in [0.25, 0.3) is 0 Å². The smallest absolute Gasteiger partial charge is 0.258 e. The van der Waals surface area contributed by atoms with Crippen molar-refractivity contribution in [3.63, 3.8) is 0 Å². The van der Waals surface area contributed by atoms with Gasteiger partial charge in [-0.3, -0.25) is 4.79 Å². The lowest BCUT2D eigenvalue weighted by atomic mass is 10.0. The van der Waals surface area contributed by atoms with Crippen molar-refractivity contribution in [1.82, 2.24) is 5.32 Å². The monoisotopic (exact) mass is 269 g/mol. The van der Waals surface area contributed by atoms with Crippen LogP contribution in [0, 0.1) is 5.82 Å². The van der Waals surface area contributed by atoms with E-state index in [1.807, 2.05) is 20.8 Å². The summed E-state index contributed by atoms with van der Waals surface area (Å²) in [5.74, 6) is -0.316. The van der Waals surface area contributed by atoms with Crippen molar-refractivity contribution in [3.8, 4) is 11.5 Å². The Morgan fingerprint density at radius 1 is 1.42 bits per heavy atom. The average Bonchev–Trinajstić information content (AvgIpc) is 2.36. The van der Waals surface area contributed by atoms with Gasteiger partial charge >= 0.3 is 0 Å². The second kappa shape index (κ2) is 6.41. The predicted molar refractivity (Wildman–Crippen MR) is 71.0 cm³/mol. The Hall–Kier alpha value is -1.78. The fraction of sp³-hybridized carbons (Fsp3) is 0.500. The highest BCUT2D eigenvalue weighted by atomic mass is 19.1. The maximum Gasteiger partial charge on any atom is 0.258 e. The number of rotatable bonds is 6. The number of ether oxygens (including phenoxy) is 2. The summed E-state index contributed by atoms with van der Waals surface area (Å²) >= 11 is 0. The molecular weight excluding hydrogens is 249 g/mol. The van der Waals surface area contributed by atoms with Gasteiger partial charge in [-0.1, -0.05) is 6.92 Å². The van der Waals surface area contributed by atoms with Gasteiger partial charge in [0.2, 0.25) is 0 Å². The Labute approximate surface area is 112 Å². The lowest BCUT2D eigenvalue weighted by Gasteiger charge is -2.24. The Morgan fingerprint density at radius 2 is 2.11 bits per heavy atom. The fourth-order valence-electron chi connectivity index (χ4n) is 1.39. The first-order chi connectivity index (χ1) is 8.88. The molecule has 19 heavy (non-hydrogen) atoms. The van der Waals surface area contributed by atoms with Gasteiger partial charge in [-0.2, -0.15) is 0 Å². The number of carbonyl (C=O) groups excluding carboxylic acids is 1. The van der Waals surface area contributed by atoms with Crippen molar-refractivity contribution in [2.24, 2.45) is 0 Å². The summed E-state index contributed by atoms with van der Waals surface area (Å²) in [7, 11) is 1.39. The summed E-state index contributed by atoms with van der Waals surface area (Å²) in [4.78, 5) is 11.6. The van der Waals surface area contributed by atoms with Gasteiger partial charge < -0.3 is 14.8 Å². The highest BCUT2D eigenvalue weighted by Gasteiger charge is 2.18. The van der Waals surface area contributed by atoms with Crippen LogP contribution in [0.4, 0.5) is 4.39 Å². The van der Waals surface area contributed by atoms with Crippen molar-refractivity contribution in [2.45, 2.75) is 32.7 Å². The topological polar surface area (TPSA) is 47.6 Å². The molecule has 0 spiro atoms. The zero-order valence-corrected chi connectivity index (χ0v) is 11.7. The maximum absolute atomic E-state index is 13.4. The van der Waals surface area contributed by atoms with Gasteiger partial charge in [-0.05, 0) is 32.4 Å². The highest BCUT2D eigenvalue weighted by molar-refractivity contribution is 5.78. The van der Waals surface area contributed by atoms with E-state index in [1.165, 1.54) is 19.2 Å². The average molecular weight is 269 g/mol. The first kappa shape index (κ1) is 15.3. The second-order valence-electron chi connectivity index (χ2n) is 4.87. The molecule has 4 nitrogen and oxygen atoms in total. The molecule has 0 aliphatic rings. The van der Waals surface area contributed by atoms with Gasteiger partial charge in [0.05, 0.1) is 7.11 Å². The predicted octanol–water partition coefficient (Wildman–Crippen LogP) is 2.52. The number of nitrogens with one attached hydrogen (secondary N) is 1. The van der Waals surface area contributed by atoms with E-state index in [2.05, 4.69) is 5.32 Å². The summed E-state index contributed by atoms with van der Waals surface area (Å²) in [6.07, 6.45) is 0.815. The highest BCUT2D eigenvalue weighted by Crippen LogP contribution is 2.22. The Kier molecular flexibility index (Phi) is 5.15. The summed E-state index contributed by atoms with van der Waals surface area (Å²) < 4.78 is 23.4. The molecule has 0 unspecified atom stereocenters. The van der Waals surface area contributed by atoms with E-state index in [1.54, 1.807) is 6.07 Å². The SMILES string of the molecule is CCC(C)(C)NC(=O)COc1ccc(OC)c(F)c1. The third-order valence-electron chi connectivity index (χ3n) is 2.85. The maximum atomic E-state index is 13.4. The largest absolute Gasteiger partial charge is 0.494 e. The zero-order valence-electron chi connectivity index (χ0n) is 11.7. The van der Waals surface area contributed by atoms with Crippen LogP contribution in [0.15, 0.2) is 18.2 Å². The quantitative estimate of drug-likeness (QED) is 0.863. The van der Waals surface area contributed by atoms with E-state index in [0.717, 1.165) is 6.42 Å². The van der Waals surface area contributed by atoms with E-state index in [9.17, 15) is 9.18 Å². The molecule has 0 bridgehead atoms. The van der Waals surface area contributed by atoms with E-state index < -0.39 is 5.82 Å². The van der Waals surface area contributed by atoms with Crippen LogP contribution in [0.5, 0.6) is 11.5 Å². The van der Waals surface area contributed by atoms with Gasteiger partial charge in [-0.15, -0.1) is 0 Å². The van der Waals surface area contributed by atoms with Crippen LogP contribution in [-0.4, -0.2) is 25.2 Å². The van der Waals surface area contributed by atoms with Crippen LogP contribution in [0.1, 0.15) is 27.2 Å². The van der Waals surface area contributed by atoms with E-state index in [0.29, 0.717) is 5.75 Å². The van der Waals surface area contributed by atoms with Crippen LogP contribution in [-0.2, 0) is 4.79 Å². The molecule has 0 fully saturated rings. The third-order valence-corrected chi connectivity index (χ3v) is 2.85. The Bertz CT molecular complexity index is 446. The van der Waals surface area contributed by atoms with Gasteiger partial charge in [0.15, 0.2) is 18.2 Å². The van der Waals surface area contributed by atoms with Gasteiger partial charge in [0.1, 0.15) is 5.75 Å². The van der Waals surface area contributed by atoms with E-state index >= 15 is 0 Å². The van der Waals surface area contributed by atoms with Crippen molar-refractivity contribution in [1.29, 1.82) is 0 Å². The number of hydrogen-bond acceptors (Lipinski definition) is 3. The summed E-state index contributed by atoms with van der Waals surface area (Å²) in [6.45, 7) is 5.70. The molecule has 0 saturated carbocycles. The first-order valence-corrected chi connectivity index (χ1v) is 6.15. The molecule has 0 atom stereocenters. The Balaban J connectivity index is 2.53. The van der Waals surface area contributed by atoms with Crippen LogP contribution >= 0.6 is 0 Å². The van der Waals surface area contributed by atoms with Crippen LogP contribution < -0.4 is 14.8 Å². The second-order valence-corrected chi connectivity index (χ2v) is 4.87. The molecule has 0 aliphatic carbocycles. The van der Waals surface area contributed by atoms with Crippen LogP contribution in [0.3, 0.4) is 0 Å². The van der Waals surface area contributed by atoms with Crippen molar-refractivity contribution in [3.05, 3.63) is 24.0 Å². The number of carbonyl (C=O) groups is 1. The van der Waals surface area contributed by atoms with Crippen molar-refractivity contribution < 1.29 is 18.7 Å². The number of hydrogen-bond donors (Lipinski definition) is 1. The minimum absolute atomic E-state index is 0.143. The van der Waals surface area contributed by atoms with Crippen molar-refractivity contribution in [2.75, 3.05) is 13.7 Å². The number of methoxy groups -OCH3 is 1. The van der Waals surface area contributed by atoms with Crippen molar-refractivity contribution >= 4 is 5.91 Å². The van der Waals surface area contributed by atoms with Gasteiger partial charge in [0.25, 0.3) is 5.91 Å². The number of amides is 1. The van der Waals surface area contributed by atoms with Gasteiger partial charge in [-0.25, -0.2) is 4.39 Å². The van der Waals surface area contributed by atoms with E-state index in [4.69, 9.17) is 9.47 Å². The normalized spacial score (nSPS) is 11.0. The van der Waals surface area contributed by atoms with Gasteiger partial charge in [0, 0.05) is 11.6 Å². The molecule has 1 aromatic carbocycles. The molecule has 0 aromatic heterocycles. The minimum atomic E-state index is -0.519. The summed E-state index contributed by atoms with van der Waals surface area (Å²) in [6, 6.07) is 4.20. The Morgan fingerprint density at radius 3 is 2.63 bits per heavy atom. The molecule has 0 aliphatic heterocycles. The van der Waals surface area contributed by atoms with Crippen LogP contribution in [0.2, 0.25) is 0 Å². The molecule has 0 saturated heterocycles. The fourth-order valence-corrected chi connectivity index (χ4v) is 1.39. The lowest BCUT2D eigenvalue weighted by molar-refractivity contribution is -0.124. The molecule has 1 aromatic rings. The molecule has 0 radical (unpaired) electrons. The first-order valence-electron chi connectivity index (χ1n) is 6.15. The number of halogens is 1. The standard InChI is InChI=1S/C14H20FNO3/c1-5-14(2,3)16-13(17)9-19-10-6-7-12(18-4)11(15)8-10/h6-8H,5,9H2,1-4H3,(H,16,17). The zero-order chi connectivity index (χ0) is 14.5. The molecule has 5 heteroatoms. The van der Waals surface area contributed by atoms with E-state index in [-0.39, 0.29) is 23.8 Å². The molecule has 1 N–H and O–H groups in total. The minimum Gasteiger partial charge on any atom is -0.494 e.